The number of carbonyl (C=O) groups excluding carboxylic acids is 1. The van der Waals surface area contributed by atoms with Gasteiger partial charge >= 0.3 is 6.18 Å². The van der Waals surface area contributed by atoms with E-state index in [1.807, 2.05) is 18.2 Å². The summed E-state index contributed by atoms with van der Waals surface area (Å²) in [4.78, 5) is 22.6. The van der Waals surface area contributed by atoms with Crippen molar-refractivity contribution in [2.24, 2.45) is 11.3 Å². The Morgan fingerprint density at radius 3 is 2.85 bits per heavy atom. The smallest absolute Gasteiger partial charge is 0.379 e. The van der Waals surface area contributed by atoms with Gasteiger partial charge < -0.3 is 24.6 Å². The first kappa shape index (κ1) is 26.5. The fraction of sp³-hybridized carbons (Fsp3) is 0.586. The molecule has 39 heavy (non-hydrogen) atoms. The lowest BCUT2D eigenvalue weighted by atomic mass is 9.78. The summed E-state index contributed by atoms with van der Waals surface area (Å²) in [5, 5.41) is 3.80. The molecule has 6 rings (SSSR count). The number of alkyl halides is 3. The van der Waals surface area contributed by atoms with Crippen molar-refractivity contribution in [3.63, 3.8) is 0 Å². The zero-order valence-corrected chi connectivity index (χ0v) is 22.1. The molecule has 1 saturated carbocycles. The van der Waals surface area contributed by atoms with Crippen molar-refractivity contribution >= 4 is 11.6 Å². The molecule has 2 aromatic rings. The fourth-order valence-electron chi connectivity index (χ4n) is 7.17. The molecule has 1 amide bonds. The minimum Gasteiger partial charge on any atom is -0.379 e. The van der Waals surface area contributed by atoms with Crippen LogP contribution in [0.15, 0.2) is 42.6 Å². The molecule has 3 fully saturated rings. The van der Waals surface area contributed by atoms with Gasteiger partial charge in [-0.05, 0) is 48.9 Å². The summed E-state index contributed by atoms with van der Waals surface area (Å²) in [7, 11) is 1.70. The molecule has 0 radical (unpaired) electrons. The first-order chi connectivity index (χ1) is 18.8. The van der Waals surface area contributed by atoms with E-state index in [1.165, 1.54) is 0 Å². The normalized spacial score (nSPS) is 30.8. The van der Waals surface area contributed by atoms with Crippen molar-refractivity contribution < 1.29 is 27.4 Å². The molecule has 210 valence electrons. The average Bonchev–Trinajstić information content (AvgIpc) is 3.47. The number of halogens is 3. The van der Waals surface area contributed by atoms with E-state index in [2.05, 4.69) is 27.3 Å². The number of para-hydroxylation sites is 1. The largest absolute Gasteiger partial charge is 0.417 e. The summed E-state index contributed by atoms with van der Waals surface area (Å²) in [5.74, 6) is 0.193. The van der Waals surface area contributed by atoms with Gasteiger partial charge in [0, 0.05) is 76.0 Å². The van der Waals surface area contributed by atoms with Crippen LogP contribution in [0.25, 0.3) is 0 Å². The van der Waals surface area contributed by atoms with Gasteiger partial charge in [-0.15, -0.1) is 0 Å². The van der Waals surface area contributed by atoms with Crippen LogP contribution in [0.1, 0.15) is 36.1 Å². The molecule has 0 unspecified atom stereocenters. The number of methoxy groups -OCH3 is 1. The Hall–Kier alpha value is -2.69. The number of rotatable bonds is 5. The number of amides is 1. The predicted molar refractivity (Wildman–Crippen MR) is 139 cm³/mol. The van der Waals surface area contributed by atoms with E-state index in [9.17, 15) is 18.0 Å². The summed E-state index contributed by atoms with van der Waals surface area (Å²) in [5.41, 5.74) is 0.864. The fourth-order valence-corrected chi connectivity index (χ4v) is 7.17. The Balaban J connectivity index is 1.25. The van der Waals surface area contributed by atoms with Crippen LogP contribution in [0.4, 0.5) is 18.9 Å². The molecule has 1 aromatic heterocycles. The van der Waals surface area contributed by atoms with E-state index < -0.39 is 17.2 Å². The second-order valence-electron chi connectivity index (χ2n) is 11.4. The summed E-state index contributed by atoms with van der Waals surface area (Å²) in [6.45, 7) is 3.24. The van der Waals surface area contributed by atoms with E-state index in [1.54, 1.807) is 12.0 Å². The summed E-state index contributed by atoms with van der Waals surface area (Å²) >= 11 is 0. The molecule has 3 aliphatic heterocycles. The van der Waals surface area contributed by atoms with Crippen molar-refractivity contribution in [2.75, 3.05) is 44.9 Å². The van der Waals surface area contributed by atoms with Crippen molar-refractivity contribution in [3.05, 3.63) is 59.4 Å². The molecule has 4 aliphatic rings. The minimum absolute atomic E-state index is 0.0272. The lowest BCUT2D eigenvalue weighted by Crippen LogP contribution is -2.52. The SMILES string of the molecule is CO[C@@H]1COCC[C@@H]1N[C@@H]1C[C@H]2CN(c3ccccc3)C[C@@]2(C(=O)N2CCc3ncc(C(F)(F)F)cc3C2)C1. The number of pyridine rings is 1. The Morgan fingerprint density at radius 1 is 1.26 bits per heavy atom. The highest BCUT2D eigenvalue weighted by Crippen LogP contribution is 2.51. The number of hydrogen-bond donors (Lipinski definition) is 1. The van der Waals surface area contributed by atoms with Crippen molar-refractivity contribution in [2.45, 2.75) is 56.6 Å². The lowest BCUT2D eigenvalue weighted by molar-refractivity contribution is -0.143. The molecule has 1 N–H and O–H groups in total. The molecule has 4 heterocycles. The molecule has 0 bridgehead atoms. The van der Waals surface area contributed by atoms with Gasteiger partial charge in [-0.25, -0.2) is 0 Å². The first-order valence-electron chi connectivity index (χ1n) is 13.8. The minimum atomic E-state index is -4.46. The summed E-state index contributed by atoms with van der Waals surface area (Å²) in [6.07, 6.45) is -0.716. The Bertz CT molecular complexity index is 1200. The van der Waals surface area contributed by atoms with Crippen LogP contribution in [0.5, 0.6) is 0 Å². The lowest BCUT2D eigenvalue weighted by Gasteiger charge is -2.38. The third-order valence-corrected chi connectivity index (χ3v) is 9.13. The van der Waals surface area contributed by atoms with Gasteiger partial charge in [0.05, 0.1) is 23.7 Å². The molecule has 2 saturated heterocycles. The quantitative estimate of drug-likeness (QED) is 0.620. The number of benzene rings is 1. The van der Waals surface area contributed by atoms with Gasteiger partial charge in [0.1, 0.15) is 0 Å². The van der Waals surface area contributed by atoms with E-state index >= 15 is 0 Å². The van der Waals surface area contributed by atoms with Crippen LogP contribution in [0.3, 0.4) is 0 Å². The number of nitrogens with one attached hydrogen (secondary N) is 1. The van der Waals surface area contributed by atoms with Gasteiger partial charge in [-0.1, -0.05) is 18.2 Å². The average molecular weight is 545 g/mol. The highest BCUT2D eigenvalue weighted by atomic mass is 19.4. The Kier molecular flexibility index (Phi) is 7.05. The zero-order valence-electron chi connectivity index (χ0n) is 22.1. The molecular weight excluding hydrogens is 509 g/mol. The number of aromatic nitrogens is 1. The van der Waals surface area contributed by atoms with Crippen molar-refractivity contribution in [1.82, 2.24) is 15.2 Å². The maximum atomic E-state index is 14.4. The van der Waals surface area contributed by atoms with Gasteiger partial charge in [0.25, 0.3) is 0 Å². The highest BCUT2D eigenvalue weighted by molar-refractivity contribution is 5.85. The van der Waals surface area contributed by atoms with Crippen LogP contribution in [0, 0.1) is 11.3 Å². The number of hydrogen-bond acceptors (Lipinski definition) is 6. The molecule has 1 aliphatic carbocycles. The molecule has 10 heteroatoms. The molecule has 1 aromatic carbocycles. The maximum absolute atomic E-state index is 14.4. The maximum Gasteiger partial charge on any atom is 0.417 e. The second-order valence-corrected chi connectivity index (χ2v) is 11.4. The third kappa shape index (κ3) is 5.02. The topological polar surface area (TPSA) is 66.9 Å². The zero-order chi connectivity index (χ0) is 27.2. The van der Waals surface area contributed by atoms with Crippen molar-refractivity contribution in [1.29, 1.82) is 0 Å². The standard InChI is InChI=1S/C29H35F3N4O3/c1-38-26-17-39-10-8-25(26)34-22-12-21-16-36(23-5-3-2-4-6-23)18-28(21,13-22)27(37)35-9-7-24-19(15-35)11-20(14-33-24)29(30,31)32/h2-6,11,14,21-22,25-26,34H,7-10,12-13,15-18H2,1H3/t21-,22+,25-,26+,28-/m0/s1. The monoisotopic (exact) mass is 544 g/mol. The van der Waals surface area contributed by atoms with E-state index in [4.69, 9.17) is 9.47 Å². The van der Waals surface area contributed by atoms with E-state index in [0.717, 1.165) is 37.3 Å². The second kappa shape index (κ2) is 10.4. The van der Waals surface area contributed by atoms with Crippen LogP contribution >= 0.6 is 0 Å². The summed E-state index contributed by atoms with van der Waals surface area (Å²) in [6, 6.07) is 11.6. The van der Waals surface area contributed by atoms with Gasteiger partial charge in [0.2, 0.25) is 5.91 Å². The summed E-state index contributed by atoms with van der Waals surface area (Å²) < 4.78 is 51.4. The predicted octanol–water partition coefficient (Wildman–Crippen LogP) is 3.66. The van der Waals surface area contributed by atoms with Crippen LogP contribution in [-0.4, -0.2) is 73.9 Å². The molecule has 7 nitrogen and oxygen atoms in total. The molecule has 0 spiro atoms. The van der Waals surface area contributed by atoms with Crippen molar-refractivity contribution in [3.8, 4) is 0 Å². The number of ether oxygens (including phenoxy) is 2. The van der Waals surface area contributed by atoms with Crippen LogP contribution in [0.2, 0.25) is 0 Å². The van der Waals surface area contributed by atoms with Gasteiger partial charge in [0.15, 0.2) is 0 Å². The van der Waals surface area contributed by atoms with Crippen LogP contribution < -0.4 is 10.2 Å². The first-order valence-corrected chi connectivity index (χ1v) is 13.8. The van der Waals surface area contributed by atoms with Crippen LogP contribution in [-0.2, 0) is 33.4 Å². The number of fused-ring (bicyclic) bond motifs is 2. The van der Waals surface area contributed by atoms with Gasteiger partial charge in [-0.2, -0.15) is 13.2 Å². The highest BCUT2D eigenvalue weighted by Gasteiger charge is 2.59. The van der Waals surface area contributed by atoms with E-state index in [-0.39, 0.29) is 36.6 Å². The molecular formula is C29H35F3N4O3. The number of anilines is 1. The number of nitrogens with zero attached hydrogens (tertiary/aromatic N) is 3. The molecule has 5 atom stereocenters. The van der Waals surface area contributed by atoms with Gasteiger partial charge in [-0.3, -0.25) is 9.78 Å². The van der Waals surface area contributed by atoms with E-state index in [0.29, 0.717) is 50.4 Å². The Labute approximate surface area is 226 Å². The third-order valence-electron chi connectivity index (χ3n) is 9.13. The Morgan fingerprint density at radius 2 is 2.08 bits per heavy atom. The number of carbonyl (C=O) groups is 1.